The summed E-state index contributed by atoms with van der Waals surface area (Å²) in [6.45, 7) is 0. The second kappa shape index (κ2) is 4.10. The summed E-state index contributed by atoms with van der Waals surface area (Å²) in [5, 5.41) is 14.2. The number of anilines is 3. The molecule has 0 aliphatic carbocycles. The van der Waals surface area contributed by atoms with E-state index in [4.69, 9.17) is 5.26 Å². The van der Waals surface area contributed by atoms with Gasteiger partial charge in [-0.05, 0) is 24.3 Å². The van der Waals surface area contributed by atoms with Crippen LogP contribution in [-0.4, -0.2) is 7.05 Å². The summed E-state index contributed by atoms with van der Waals surface area (Å²) in [6.07, 6.45) is 0. The van der Waals surface area contributed by atoms with Crippen LogP contribution in [0.2, 0.25) is 0 Å². The van der Waals surface area contributed by atoms with Gasteiger partial charge in [0.2, 0.25) is 0 Å². The van der Waals surface area contributed by atoms with Crippen LogP contribution in [0.5, 0.6) is 0 Å². The number of nitriles is 1. The van der Waals surface area contributed by atoms with Crippen molar-refractivity contribution in [1.29, 1.82) is 5.26 Å². The fourth-order valence-electron chi connectivity index (χ4n) is 1.52. The molecule has 0 aliphatic heterocycles. The maximum absolute atomic E-state index is 11.3. The highest BCUT2D eigenvalue weighted by atomic mass is 16.2. The largest absolute Gasteiger partial charge is 0.383 e. The highest BCUT2D eigenvalue weighted by Gasteiger charge is 2.19. The molecule has 0 saturated heterocycles. The van der Waals surface area contributed by atoms with E-state index in [0.717, 1.165) is 0 Å². The van der Waals surface area contributed by atoms with E-state index in [9.17, 15) is 9.59 Å². The van der Waals surface area contributed by atoms with Crippen LogP contribution in [0.25, 0.3) is 0 Å². The van der Waals surface area contributed by atoms with Gasteiger partial charge in [-0.25, -0.2) is 0 Å². The van der Waals surface area contributed by atoms with Crippen molar-refractivity contribution in [3.63, 3.8) is 0 Å². The van der Waals surface area contributed by atoms with Gasteiger partial charge >= 0.3 is 0 Å². The molecule has 2 aromatic carbocycles. The summed E-state index contributed by atoms with van der Waals surface area (Å²) >= 11 is 0. The van der Waals surface area contributed by atoms with Crippen LogP contribution in [0, 0.1) is 11.3 Å². The molecule has 0 bridgehead atoms. The quantitative estimate of drug-likeness (QED) is 0.762. The average Bonchev–Trinajstić information content (AvgIpc) is 2.38. The van der Waals surface area contributed by atoms with Crippen LogP contribution in [0.15, 0.2) is 33.9 Å². The summed E-state index contributed by atoms with van der Waals surface area (Å²) in [5.74, 6) is 0. The Balaban J connectivity index is 2.27. The van der Waals surface area contributed by atoms with E-state index in [1.165, 1.54) is 0 Å². The molecule has 0 heterocycles. The maximum atomic E-state index is 11.3. The molecular weight excluding hydrogens is 218 g/mol. The minimum absolute atomic E-state index is 0.266. The molecule has 2 N–H and O–H groups in total. The number of rotatable bonds is 3. The number of hydrogen-bond acceptors (Lipinski definition) is 5. The predicted octanol–water partition coefficient (Wildman–Crippen LogP) is 0.940. The fraction of sp³-hybridized carbons (Fsp3) is 0.0833. The van der Waals surface area contributed by atoms with Crippen molar-refractivity contribution in [2.75, 3.05) is 17.7 Å². The van der Waals surface area contributed by atoms with Crippen LogP contribution in [0.4, 0.5) is 17.1 Å². The molecule has 0 atom stereocenters. The van der Waals surface area contributed by atoms with Gasteiger partial charge in [0.1, 0.15) is 11.4 Å². The molecule has 84 valence electrons. The minimum Gasteiger partial charge on any atom is -0.383 e. The Labute approximate surface area is 97.0 Å². The third-order valence-electron chi connectivity index (χ3n) is 2.44. The molecular formula is C12H9N3O2. The third-order valence-corrected chi connectivity index (χ3v) is 2.44. The topological polar surface area (TPSA) is 82.0 Å². The normalized spacial score (nSPS) is 9.88. The standard InChI is InChI=1S/C12H9N3O2/c1-14-9-10(12(17)11(9)16)15-8-4-2-7(6-13)3-5-8/h2-5,14-15H,1H3. The van der Waals surface area contributed by atoms with Crippen molar-refractivity contribution in [1.82, 2.24) is 0 Å². The SMILES string of the molecule is CNc1c(Nc2ccc(C#N)cc2)c(=O)c1=O. The summed E-state index contributed by atoms with van der Waals surface area (Å²) in [5.41, 5.74) is 0.714. The zero-order valence-electron chi connectivity index (χ0n) is 9.07. The Hall–Kier alpha value is -2.61. The van der Waals surface area contributed by atoms with Gasteiger partial charge in [0.05, 0.1) is 11.6 Å². The predicted molar refractivity (Wildman–Crippen MR) is 65.3 cm³/mol. The van der Waals surface area contributed by atoms with E-state index in [1.54, 1.807) is 31.3 Å². The van der Waals surface area contributed by atoms with Gasteiger partial charge in [0.15, 0.2) is 0 Å². The molecule has 0 amide bonds. The molecule has 0 spiro atoms. The monoisotopic (exact) mass is 227 g/mol. The summed E-state index contributed by atoms with van der Waals surface area (Å²) < 4.78 is 0. The van der Waals surface area contributed by atoms with E-state index < -0.39 is 10.9 Å². The molecule has 0 radical (unpaired) electrons. The Kier molecular flexibility index (Phi) is 2.63. The molecule has 0 aliphatic rings. The number of nitrogens with zero attached hydrogens (tertiary/aromatic N) is 1. The van der Waals surface area contributed by atoms with Crippen LogP contribution >= 0.6 is 0 Å². The fourth-order valence-corrected chi connectivity index (χ4v) is 1.52. The van der Waals surface area contributed by atoms with Gasteiger partial charge in [-0.1, -0.05) is 0 Å². The van der Waals surface area contributed by atoms with Gasteiger partial charge in [-0.15, -0.1) is 0 Å². The van der Waals surface area contributed by atoms with Gasteiger partial charge in [-0.3, -0.25) is 9.59 Å². The van der Waals surface area contributed by atoms with Crippen LogP contribution in [-0.2, 0) is 0 Å². The van der Waals surface area contributed by atoms with Crippen LogP contribution in [0.3, 0.4) is 0 Å². The van der Waals surface area contributed by atoms with E-state index >= 15 is 0 Å². The highest BCUT2D eigenvalue weighted by Crippen LogP contribution is 2.20. The summed E-state index contributed by atoms with van der Waals surface area (Å²) in [6, 6.07) is 8.61. The lowest BCUT2D eigenvalue weighted by Crippen LogP contribution is -2.35. The summed E-state index contributed by atoms with van der Waals surface area (Å²) in [7, 11) is 1.58. The third kappa shape index (κ3) is 1.76. The Bertz CT molecular complexity index is 658. The van der Waals surface area contributed by atoms with Crippen molar-refractivity contribution in [2.45, 2.75) is 0 Å². The lowest BCUT2D eigenvalue weighted by molar-refractivity contribution is 1.34. The molecule has 0 fully saturated rings. The van der Waals surface area contributed by atoms with E-state index in [1.807, 2.05) is 6.07 Å². The van der Waals surface area contributed by atoms with E-state index in [0.29, 0.717) is 16.9 Å². The lowest BCUT2D eigenvalue weighted by Gasteiger charge is -2.12. The zero-order valence-corrected chi connectivity index (χ0v) is 9.07. The molecule has 5 nitrogen and oxygen atoms in total. The first kappa shape index (κ1) is 10.9. The Morgan fingerprint density at radius 3 is 2.18 bits per heavy atom. The van der Waals surface area contributed by atoms with Crippen molar-refractivity contribution in [3.05, 3.63) is 50.3 Å². The van der Waals surface area contributed by atoms with Crippen LogP contribution < -0.4 is 21.5 Å². The first-order valence-electron chi connectivity index (χ1n) is 4.95. The maximum Gasteiger partial charge on any atom is 0.253 e. The van der Waals surface area contributed by atoms with E-state index in [-0.39, 0.29) is 5.69 Å². The molecule has 0 saturated carbocycles. The second-order valence-electron chi connectivity index (χ2n) is 3.47. The molecule has 17 heavy (non-hydrogen) atoms. The summed E-state index contributed by atoms with van der Waals surface area (Å²) in [4.78, 5) is 22.4. The highest BCUT2D eigenvalue weighted by molar-refractivity contribution is 5.78. The van der Waals surface area contributed by atoms with Gasteiger partial charge < -0.3 is 10.6 Å². The molecule has 0 unspecified atom stereocenters. The molecule has 0 aromatic heterocycles. The lowest BCUT2D eigenvalue weighted by atomic mass is 10.1. The minimum atomic E-state index is -0.529. The number of benzene rings is 1. The number of nitrogens with one attached hydrogen (secondary N) is 2. The van der Waals surface area contributed by atoms with Crippen LogP contribution in [0.1, 0.15) is 5.56 Å². The molecule has 5 heteroatoms. The smallest absolute Gasteiger partial charge is 0.253 e. The Morgan fingerprint density at radius 1 is 1.06 bits per heavy atom. The van der Waals surface area contributed by atoms with Gasteiger partial charge in [0, 0.05) is 12.7 Å². The van der Waals surface area contributed by atoms with E-state index in [2.05, 4.69) is 10.6 Å². The van der Waals surface area contributed by atoms with Crippen molar-refractivity contribution in [3.8, 4) is 6.07 Å². The van der Waals surface area contributed by atoms with Crippen molar-refractivity contribution < 1.29 is 0 Å². The Morgan fingerprint density at radius 2 is 1.65 bits per heavy atom. The van der Waals surface area contributed by atoms with Gasteiger partial charge in [-0.2, -0.15) is 5.26 Å². The van der Waals surface area contributed by atoms with Gasteiger partial charge in [0.25, 0.3) is 10.9 Å². The number of hydrogen-bond donors (Lipinski definition) is 2. The average molecular weight is 227 g/mol. The molecule has 2 aromatic rings. The van der Waals surface area contributed by atoms with Crippen molar-refractivity contribution in [2.24, 2.45) is 0 Å². The second-order valence-corrected chi connectivity index (χ2v) is 3.47. The zero-order chi connectivity index (χ0) is 12.4. The first-order chi connectivity index (χ1) is 8.17. The van der Waals surface area contributed by atoms with Crippen molar-refractivity contribution >= 4 is 17.1 Å². The first-order valence-corrected chi connectivity index (χ1v) is 4.95. The molecule has 2 rings (SSSR count).